The van der Waals surface area contributed by atoms with Crippen LogP contribution in [0.3, 0.4) is 0 Å². The van der Waals surface area contributed by atoms with Gasteiger partial charge in [0.1, 0.15) is 0 Å². The molecule has 3 N–H and O–H groups in total. The van der Waals surface area contributed by atoms with Crippen LogP contribution in [-0.4, -0.2) is 18.4 Å². The molecule has 0 aliphatic heterocycles. The van der Waals surface area contributed by atoms with E-state index in [-0.39, 0.29) is 11.8 Å². The van der Waals surface area contributed by atoms with Gasteiger partial charge >= 0.3 is 0 Å². The van der Waals surface area contributed by atoms with Crippen LogP contribution in [0.15, 0.2) is 22.7 Å². The second kappa shape index (κ2) is 7.16. The van der Waals surface area contributed by atoms with Crippen LogP contribution in [0, 0.1) is 6.92 Å². The van der Waals surface area contributed by atoms with E-state index in [1.807, 2.05) is 19.1 Å². The van der Waals surface area contributed by atoms with Crippen LogP contribution in [0.1, 0.15) is 35.2 Å². The number of rotatable bonds is 6. The van der Waals surface area contributed by atoms with E-state index in [2.05, 4.69) is 21.2 Å². The van der Waals surface area contributed by atoms with Gasteiger partial charge in [0.15, 0.2) is 0 Å². The minimum atomic E-state index is -0.303. The topological polar surface area (TPSA) is 72.2 Å². The van der Waals surface area contributed by atoms with Crippen LogP contribution < -0.4 is 11.1 Å². The Balaban J connectivity index is 2.39. The number of nitrogens with one attached hydrogen (secondary N) is 1. The van der Waals surface area contributed by atoms with Crippen molar-refractivity contribution >= 4 is 27.7 Å². The molecule has 0 spiro atoms. The summed E-state index contributed by atoms with van der Waals surface area (Å²) in [5, 5.41) is 2.81. The normalized spacial score (nSPS) is 10.1. The molecular formula is C13H17BrN2O2. The highest BCUT2D eigenvalue weighted by atomic mass is 79.9. The number of nitrogens with two attached hydrogens (primary N) is 1. The van der Waals surface area contributed by atoms with Gasteiger partial charge in [-0.15, -0.1) is 0 Å². The van der Waals surface area contributed by atoms with Gasteiger partial charge in [-0.3, -0.25) is 9.59 Å². The maximum Gasteiger partial charge on any atom is 0.252 e. The van der Waals surface area contributed by atoms with E-state index in [4.69, 9.17) is 5.73 Å². The van der Waals surface area contributed by atoms with Gasteiger partial charge in [-0.05, 0) is 53.4 Å². The fourth-order valence-corrected chi connectivity index (χ4v) is 2.20. The number of carbonyl (C=O) groups excluding carboxylic acids is 2. The molecule has 0 unspecified atom stereocenters. The monoisotopic (exact) mass is 312 g/mol. The number of halogens is 1. The summed E-state index contributed by atoms with van der Waals surface area (Å²) < 4.78 is 0.789. The van der Waals surface area contributed by atoms with Crippen molar-refractivity contribution in [1.29, 1.82) is 0 Å². The van der Waals surface area contributed by atoms with E-state index in [0.29, 0.717) is 24.9 Å². The Morgan fingerprint density at radius 1 is 1.33 bits per heavy atom. The van der Waals surface area contributed by atoms with Gasteiger partial charge in [0.05, 0.1) is 5.56 Å². The number of primary amides is 1. The number of hydrogen-bond donors (Lipinski definition) is 2. The van der Waals surface area contributed by atoms with Crippen molar-refractivity contribution in [3.63, 3.8) is 0 Å². The Morgan fingerprint density at radius 3 is 2.67 bits per heavy atom. The first-order chi connectivity index (χ1) is 8.50. The molecule has 0 radical (unpaired) electrons. The fourth-order valence-electron chi connectivity index (χ4n) is 1.53. The SMILES string of the molecule is Cc1ccc(C(=O)NCCCCC(N)=O)c(Br)c1. The van der Waals surface area contributed by atoms with Crippen LogP contribution in [0.2, 0.25) is 0 Å². The van der Waals surface area contributed by atoms with E-state index in [1.54, 1.807) is 6.07 Å². The molecule has 0 aromatic heterocycles. The molecule has 98 valence electrons. The molecule has 0 aliphatic carbocycles. The third-order valence-electron chi connectivity index (χ3n) is 2.50. The predicted molar refractivity (Wildman–Crippen MR) is 74.3 cm³/mol. The van der Waals surface area contributed by atoms with Crippen LogP contribution >= 0.6 is 15.9 Å². The molecule has 0 heterocycles. The number of aryl methyl sites for hydroxylation is 1. The van der Waals surface area contributed by atoms with Gasteiger partial charge in [-0.2, -0.15) is 0 Å². The summed E-state index contributed by atoms with van der Waals surface area (Å²) in [7, 11) is 0. The Hall–Kier alpha value is -1.36. The molecular weight excluding hydrogens is 296 g/mol. The maximum atomic E-state index is 11.8. The van der Waals surface area contributed by atoms with Gasteiger partial charge in [0, 0.05) is 17.4 Å². The van der Waals surface area contributed by atoms with Gasteiger partial charge in [0.25, 0.3) is 5.91 Å². The summed E-state index contributed by atoms with van der Waals surface area (Å²) in [5.41, 5.74) is 6.75. The lowest BCUT2D eigenvalue weighted by Crippen LogP contribution is -2.25. The summed E-state index contributed by atoms with van der Waals surface area (Å²) in [4.78, 5) is 22.4. The molecule has 0 atom stereocenters. The Morgan fingerprint density at radius 2 is 2.06 bits per heavy atom. The first-order valence-electron chi connectivity index (χ1n) is 5.83. The summed E-state index contributed by atoms with van der Waals surface area (Å²) in [6.07, 6.45) is 1.81. The predicted octanol–water partition coefficient (Wildman–Crippen LogP) is 2.14. The van der Waals surface area contributed by atoms with Gasteiger partial charge in [-0.1, -0.05) is 6.07 Å². The highest BCUT2D eigenvalue weighted by molar-refractivity contribution is 9.10. The smallest absolute Gasteiger partial charge is 0.252 e. The van der Waals surface area contributed by atoms with E-state index >= 15 is 0 Å². The van der Waals surface area contributed by atoms with E-state index in [9.17, 15) is 9.59 Å². The standard InChI is InChI=1S/C13H17BrN2O2/c1-9-5-6-10(11(14)8-9)13(18)16-7-3-2-4-12(15)17/h5-6,8H,2-4,7H2,1H3,(H2,15,17)(H,16,18). The molecule has 0 aliphatic rings. The minimum Gasteiger partial charge on any atom is -0.370 e. The second-order valence-corrected chi connectivity index (χ2v) is 5.02. The molecule has 1 rings (SSSR count). The third-order valence-corrected chi connectivity index (χ3v) is 3.16. The van der Waals surface area contributed by atoms with Crippen molar-refractivity contribution in [3.05, 3.63) is 33.8 Å². The molecule has 1 aromatic rings. The molecule has 4 nitrogen and oxygen atoms in total. The number of hydrogen-bond acceptors (Lipinski definition) is 2. The minimum absolute atomic E-state index is 0.110. The molecule has 1 aromatic carbocycles. The molecule has 0 saturated carbocycles. The Kier molecular flexibility index (Phi) is 5.85. The van der Waals surface area contributed by atoms with E-state index in [0.717, 1.165) is 16.5 Å². The van der Waals surface area contributed by atoms with Crippen LogP contribution in [0.4, 0.5) is 0 Å². The van der Waals surface area contributed by atoms with Crippen molar-refractivity contribution in [2.24, 2.45) is 5.73 Å². The Labute approximate surface area is 115 Å². The molecule has 5 heteroatoms. The summed E-state index contributed by atoms with van der Waals surface area (Å²) in [5.74, 6) is -0.413. The van der Waals surface area contributed by atoms with Crippen molar-refractivity contribution in [1.82, 2.24) is 5.32 Å². The fraction of sp³-hybridized carbons (Fsp3) is 0.385. The third kappa shape index (κ3) is 4.87. The average Bonchev–Trinajstić information content (AvgIpc) is 2.27. The van der Waals surface area contributed by atoms with Crippen LogP contribution in [0.25, 0.3) is 0 Å². The molecule has 2 amide bonds. The lowest BCUT2D eigenvalue weighted by molar-refractivity contribution is -0.118. The zero-order valence-corrected chi connectivity index (χ0v) is 11.9. The largest absolute Gasteiger partial charge is 0.370 e. The van der Waals surface area contributed by atoms with Crippen molar-refractivity contribution in [2.75, 3.05) is 6.54 Å². The molecule has 0 fully saturated rings. The highest BCUT2D eigenvalue weighted by Gasteiger charge is 2.08. The first kappa shape index (κ1) is 14.7. The highest BCUT2D eigenvalue weighted by Crippen LogP contribution is 2.18. The van der Waals surface area contributed by atoms with Crippen LogP contribution in [-0.2, 0) is 4.79 Å². The Bertz CT molecular complexity index is 447. The summed E-state index contributed by atoms with van der Waals surface area (Å²) in [6.45, 7) is 2.52. The number of unbranched alkanes of at least 4 members (excludes halogenated alkanes) is 1. The number of carbonyl (C=O) groups is 2. The molecule has 0 bridgehead atoms. The second-order valence-electron chi connectivity index (χ2n) is 4.16. The van der Waals surface area contributed by atoms with Gasteiger partial charge in [0.2, 0.25) is 5.91 Å². The quantitative estimate of drug-likeness (QED) is 0.790. The van der Waals surface area contributed by atoms with Crippen molar-refractivity contribution in [2.45, 2.75) is 26.2 Å². The summed E-state index contributed by atoms with van der Waals surface area (Å²) in [6, 6.07) is 5.59. The average molecular weight is 313 g/mol. The number of benzene rings is 1. The van der Waals surface area contributed by atoms with Gasteiger partial charge in [-0.25, -0.2) is 0 Å². The van der Waals surface area contributed by atoms with E-state index in [1.165, 1.54) is 0 Å². The summed E-state index contributed by atoms with van der Waals surface area (Å²) >= 11 is 3.37. The van der Waals surface area contributed by atoms with E-state index < -0.39 is 0 Å². The van der Waals surface area contributed by atoms with Crippen LogP contribution in [0.5, 0.6) is 0 Å². The number of amides is 2. The molecule has 18 heavy (non-hydrogen) atoms. The van der Waals surface area contributed by atoms with Gasteiger partial charge < -0.3 is 11.1 Å². The molecule has 0 saturated heterocycles. The lowest BCUT2D eigenvalue weighted by Gasteiger charge is -2.07. The lowest BCUT2D eigenvalue weighted by atomic mass is 10.1. The maximum absolute atomic E-state index is 11.8. The van der Waals surface area contributed by atoms with Crippen molar-refractivity contribution < 1.29 is 9.59 Å². The zero-order chi connectivity index (χ0) is 13.5. The first-order valence-corrected chi connectivity index (χ1v) is 6.62. The zero-order valence-electron chi connectivity index (χ0n) is 10.3. The van der Waals surface area contributed by atoms with Crippen molar-refractivity contribution in [3.8, 4) is 0 Å².